The van der Waals surface area contributed by atoms with Crippen LogP contribution in [-0.4, -0.2) is 17.9 Å². The molecule has 0 fully saturated rings. The number of aromatic nitrogens is 1. The Kier molecular flexibility index (Phi) is 2.21. The van der Waals surface area contributed by atoms with E-state index in [9.17, 15) is 4.79 Å². The van der Waals surface area contributed by atoms with E-state index in [1.165, 1.54) is 0 Å². The summed E-state index contributed by atoms with van der Waals surface area (Å²) in [6.07, 6.45) is 1.91. The molecule has 0 aliphatic heterocycles. The minimum Gasteiger partial charge on any atom is -0.497 e. The summed E-state index contributed by atoms with van der Waals surface area (Å²) >= 11 is 0. The van der Waals surface area contributed by atoms with E-state index >= 15 is 0 Å². The Morgan fingerprint density at radius 1 is 1.41 bits per heavy atom. The topological polar surface area (TPSA) is 42.1 Å². The van der Waals surface area contributed by atoms with Gasteiger partial charge in [0.1, 0.15) is 5.75 Å². The van der Waals surface area contributed by atoms with Gasteiger partial charge in [-0.15, -0.1) is 0 Å². The predicted octanol–water partition coefficient (Wildman–Crippen LogP) is 2.94. The summed E-state index contributed by atoms with van der Waals surface area (Å²) in [5, 5.41) is 1.12. The van der Waals surface area contributed by atoms with Crippen molar-refractivity contribution >= 4 is 16.7 Å². The monoisotopic (exact) mass is 229 g/mol. The van der Waals surface area contributed by atoms with Crippen molar-refractivity contribution in [1.29, 1.82) is 0 Å². The van der Waals surface area contributed by atoms with Gasteiger partial charge in [-0.05, 0) is 36.6 Å². The highest BCUT2D eigenvalue weighted by atomic mass is 16.5. The predicted molar refractivity (Wildman–Crippen MR) is 66.7 cm³/mol. The van der Waals surface area contributed by atoms with Gasteiger partial charge in [-0.3, -0.25) is 4.79 Å². The van der Waals surface area contributed by atoms with E-state index in [1.807, 2.05) is 25.1 Å². The standard InChI is InChI=1S/C14H15NO2/c1-8-3-5-10-11-7-9(17-2)4-6-12(11)15-13(10)14(8)16/h4,6-8,15H,3,5H2,1-2H3. The molecule has 0 bridgehead atoms. The zero-order valence-corrected chi connectivity index (χ0v) is 10.0. The van der Waals surface area contributed by atoms with Crippen LogP contribution in [0.2, 0.25) is 0 Å². The Balaban J connectivity index is 2.25. The van der Waals surface area contributed by atoms with Gasteiger partial charge in [-0.1, -0.05) is 6.92 Å². The zero-order valence-electron chi connectivity index (χ0n) is 10.0. The third kappa shape index (κ3) is 1.46. The molecule has 0 amide bonds. The molecule has 0 saturated carbocycles. The summed E-state index contributed by atoms with van der Waals surface area (Å²) in [6, 6.07) is 5.90. The number of carbonyl (C=O) groups is 1. The molecule has 2 aromatic rings. The van der Waals surface area contributed by atoms with Crippen LogP contribution in [0.5, 0.6) is 5.75 Å². The van der Waals surface area contributed by atoms with Crippen LogP contribution in [0.1, 0.15) is 29.4 Å². The number of ether oxygens (including phenoxy) is 1. The number of nitrogens with one attached hydrogen (secondary N) is 1. The van der Waals surface area contributed by atoms with Crippen molar-refractivity contribution in [1.82, 2.24) is 4.98 Å². The third-order valence-electron chi connectivity index (χ3n) is 3.63. The lowest BCUT2D eigenvalue weighted by Gasteiger charge is -2.16. The zero-order chi connectivity index (χ0) is 12.0. The van der Waals surface area contributed by atoms with Crippen molar-refractivity contribution in [3.8, 4) is 5.75 Å². The highest BCUT2D eigenvalue weighted by molar-refractivity contribution is 6.04. The highest BCUT2D eigenvalue weighted by Crippen LogP contribution is 2.33. The molecule has 1 aromatic carbocycles. The summed E-state index contributed by atoms with van der Waals surface area (Å²) in [5.41, 5.74) is 2.98. The van der Waals surface area contributed by atoms with Crippen molar-refractivity contribution in [3.05, 3.63) is 29.5 Å². The molecular formula is C14H15NO2. The number of hydrogen-bond donors (Lipinski definition) is 1. The molecule has 3 nitrogen and oxygen atoms in total. The van der Waals surface area contributed by atoms with E-state index in [4.69, 9.17) is 4.74 Å². The first-order chi connectivity index (χ1) is 8.20. The van der Waals surface area contributed by atoms with E-state index in [0.717, 1.165) is 40.8 Å². The fourth-order valence-corrected chi connectivity index (χ4v) is 2.56. The fraction of sp³-hybridized carbons (Fsp3) is 0.357. The molecule has 88 valence electrons. The number of carbonyl (C=O) groups excluding carboxylic acids is 1. The lowest BCUT2D eigenvalue weighted by Crippen LogP contribution is -2.19. The van der Waals surface area contributed by atoms with Gasteiger partial charge in [0.05, 0.1) is 12.8 Å². The first kappa shape index (κ1) is 10.4. The molecule has 1 N–H and O–H groups in total. The normalized spacial score (nSPS) is 19.4. The number of aromatic amines is 1. The summed E-state index contributed by atoms with van der Waals surface area (Å²) in [7, 11) is 1.66. The number of H-pyrrole nitrogens is 1. The SMILES string of the molecule is COc1ccc2[nH]c3c(c2c1)CCC(C)C3=O. The quantitative estimate of drug-likeness (QED) is 0.816. The number of fused-ring (bicyclic) bond motifs is 3. The Morgan fingerprint density at radius 3 is 3.00 bits per heavy atom. The van der Waals surface area contributed by atoms with Crippen molar-refractivity contribution < 1.29 is 9.53 Å². The van der Waals surface area contributed by atoms with Crippen LogP contribution >= 0.6 is 0 Å². The highest BCUT2D eigenvalue weighted by Gasteiger charge is 2.27. The molecule has 3 heteroatoms. The lowest BCUT2D eigenvalue weighted by molar-refractivity contribution is 0.0909. The Bertz CT molecular complexity index is 598. The first-order valence-electron chi connectivity index (χ1n) is 5.93. The first-order valence-corrected chi connectivity index (χ1v) is 5.93. The van der Waals surface area contributed by atoms with Crippen molar-refractivity contribution in [3.63, 3.8) is 0 Å². The lowest BCUT2D eigenvalue weighted by atomic mass is 9.87. The number of methoxy groups -OCH3 is 1. The maximum atomic E-state index is 12.1. The van der Waals surface area contributed by atoms with Gasteiger partial charge < -0.3 is 9.72 Å². The number of Topliss-reactive ketones (excluding diaryl/α,β-unsaturated/α-hetero) is 1. The number of benzene rings is 1. The van der Waals surface area contributed by atoms with Crippen molar-refractivity contribution in [2.24, 2.45) is 5.92 Å². The maximum Gasteiger partial charge on any atom is 0.182 e. The molecule has 3 rings (SSSR count). The molecule has 1 atom stereocenters. The Labute approximate surface area is 99.8 Å². The van der Waals surface area contributed by atoms with Crippen molar-refractivity contribution in [2.75, 3.05) is 7.11 Å². The summed E-state index contributed by atoms with van der Waals surface area (Å²) in [6.45, 7) is 2.00. The van der Waals surface area contributed by atoms with Gasteiger partial charge >= 0.3 is 0 Å². The molecular weight excluding hydrogens is 214 g/mol. The van der Waals surface area contributed by atoms with Crippen molar-refractivity contribution in [2.45, 2.75) is 19.8 Å². The Morgan fingerprint density at radius 2 is 2.24 bits per heavy atom. The molecule has 1 heterocycles. The van der Waals surface area contributed by atoms with Gasteiger partial charge in [0, 0.05) is 16.8 Å². The molecule has 0 spiro atoms. The van der Waals surface area contributed by atoms with E-state index in [1.54, 1.807) is 7.11 Å². The summed E-state index contributed by atoms with van der Waals surface area (Å²) < 4.78 is 5.23. The van der Waals surface area contributed by atoms with Gasteiger partial charge in [-0.2, -0.15) is 0 Å². The largest absolute Gasteiger partial charge is 0.497 e. The molecule has 17 heavy (non-hydrogen) atoms. The second kappa shape index (κ2) is 3.62. The average molecular weight is 229 g/mol. The second-order valence-corrected chi connectivity index (χ2v) is 4.69. The third-order valence-corrected chi connectivity index (χ3v) is 3.63. The van der Waals surface area contributed by atoms with Crippen LogP contribution in [0.3, 0.4) is 0 Å². The number of ketones is 1. The van der Waals surface area contributed by atoms with E-state index in [-0.39, 0.29) is 11.7 Å². The molecule has 1 unspecified atom stereocenters. The summed E-state index contributed by atoms with van der Waals surface area (Å²) in [5.74, 6) is 1.21. The van der Waals surface area contributed by atoms with E-state index in [0.29, 0.717) is 0 Å². The van der Waals surface area contributed by atoms with Gasteiger partial charge in [0.15, 0.2) is 5.78 Å². The van der Waals surface area contributed by atoms with Crippen LogP contribution < -0.4 is 4.74 Å². The van der Waals surface area contributed by atoms with Crippen LogP contribution in [0.4, 0.5) is 0 Å². The van der Waals surface area contributed by atoms with Crippen LogP contribution in [0, 0.1) is 5.92 Å². The molecule has 1 aliphatic rings. The van der Waals surface area contributed by atoms with Gasteiger partial charge in [0.2, 0.25) is 0 Å². The minimum absolute atomic E-state index is 0.137. The fourth-order valence-electron chi connectivity index (χ4n) is 2.56. The molecule has 1 aliphatic carbocycles. The molecule has 0 radical (unpaired) electrons. The van der Waals surface area contributed by atoms with E-state index in [2.05, 4.69) is 4.98 Å². The molecule has 0 saturated heterocycles. The number of rotatable bonds is 1. The van der Waals surface area contributed by atoms with Crippen LogP contribution in [-0.2, 0) is 6.42 Å². The van der Waals surface area contributed by atoms with Crippen LogP contribution in [0.15, 0.2) is 18.2 Å². The second-order valence-electron chi connectivity index (χ2n) is 4.69. The van der Waals surface area contributed by atoms with Gasteiger partial charge in [0.25, 0.3) is 0 Å². The number of aryl methyl sites for hydroxylation is 1. The average Bonchev–Trinajstić information content (AvgIpc) is 2.72. The summed E-state index contributed by atoms with van der Waals surface area (Å²) in [4.78, 5) is 15.3. The van der Waals surface area contributed by atoms with Gasteiger partial charge in [-0.25, -0.2) is 0 Å². The number of hydrogen-bond acceptors (Lipinski definition) is 2. The van der Waals surface area contributed by atoms with E-state index < -0.39 is 0 Å². The van der Waals surface area contributed by atoms with Crippen LogP contribution in [0.25, 0.3) is 10.9 Å². The minimum atomic E-state index is 0.137. The Hall–Kier alpha value is -1.77. The maximum absolute atomic E-state index is 12.1. The molecule has 1 aromatic heterocycles. The smallest absolute Gasteiger partial charge is 0.182 e.